The molecule has 0 unspecified atom stereocenters. The second kappa shape index (κ2) is 8.01. The fourth-order valence-corrected chi connectivity index (χ4v) is 3.84. The van der Waals surface area contributed by atoms with Crippen LogP contribution in [-0.2, 0) is 6.18 Å². The van der Waals surface area contributed by atoms with Gasteiger partial charge in [-0.1, -0.05) is 23.2 Å². The molecule has 2 rings (SSSR count). The molecular weight excluding hydrogens is 562 g/mol. The molecule has 0 aromatic heterocycles. The number of hydrogen-bond donors (Lipinski definition) is 1. The van der Waals surface area contributed by atoms with Crippen molar-refractivity contribution in [1.82, 2.24) is 0 Å². The van der Waals surface area contributed by atoms with Crippen LogP contribution in [0.2, 0.25) is 10.0 Å². The van der Waals surface area contributed by atoms with Crippen LogP contribution in [0.4, 0.5) is 35.9 Å². The summed E-state index contributed by atoms with van der Waals surface area (Å²) in [7, 11) is 0. The normalized spacial score (nSPS) is 11.4. The van der Waals surface area contributed by atoms with Gasteiger partial charge in [0.2, 0.25) is 0 Å². The predicted octanol–water partition coefficient (Wildman–Crippen LogP) is 7.41. The number of nitro groups is 2. The molecule has 0 saturated carbocycles. The molecule has 1 N–H and O–H groups in total. The molecule has 28 heavy (non-hydrogen) atoms. The standard InChI is InChI=1S/C14H6Br2Cl2F3N3O4/c1-4-8(15)9(16)11(18)13(10(4)17)22-12-6(14(19,20)21)2-5(23(25)26)3-7(12)24(27)28/h2-3,22H,1H3. The number of nitro benzene ring substituents is 2. The van der Waals surface area contributed by atoms with Crippen molar-refractivity contribution in [2.24, 2.45) is 0 Å². The summed E-state index contributed by atoms with van der Waals surface area (Å²) >= 11 is 18.6. The lowest BCUT2D eigenvalue weighted by molar-refractivity contribution is -0.394. The second-order valence-corrected chi connectivity index (χ2v) is 7.62. The van der Waals surface area contributed by atoms with E-state index in [-0.39, 0.29) is 26.3 Å². The van der Waals surface area contributed by atoms with E-state index >= 15 is 0 Å². The van der Waals surface area contributed by atoms with Gasteiger partial charge in [-0.15, -0.1) is 0 Å². The molecule has 7 nitrogen and oxygen atoms in total. The van der Waals surface area contributed by atoms with E-state index in [0.717, 1.165) is 0 Å². The third kappa shape index (κ3) is 4.19. The molecule has 0 bridgehead atoms. The van der Waals surface area contributed by atoms with Crippen molar-refractivity contribution in [3.63, 3.8) is 0 Å². The van der Waals surface area contributed by atoms with Crippen molar-refractivity contribution in [1.29, 1.82) is 0 Å². The minimum Gasteiger partial charge on any atom is -0.347 e. The first-order valence-electron chi connectivity index (χ1n) is 6.91. The molecule has 0 radical (unpaired) electrons. The lowest BCUT2D eigenvalue weighted by atomic mass is 10.1. The first-order chi connectivity index (χ1) is 12.8. The van der Waals surface area contributed by atoms with Crippen molar-refractivity contribution >= 4 is 77.8 Å². The molecule has 0 aliphatic carbocycles. The summed E-state index contributed by atoms with van der Waals surface area (Å²) in [6.45, 7) is 1.54. The molecule has 2 aromatic carbocycles. The lowest BCUT2D eigenvalue weighted by Crippen LogP contribution is -2.12. The van der Waals surface area contributed by atoms with Crippen molar-refractivity contribution in [3.8, 4) is 0 Å². The molecule has 2 aromatic rings. The number of non-ortho nitro benzene ring substituents is 1. The first kappa shape index (κ1) is 22.7. The molecule has 150 valence electrons. The van der Waals surface area contributed by atoms with E-state index in [9.17, 15) is 33.4 Å². The van der Waals surface area contributed by atoms with E-state index in [1.165, 1.54) is 6.92 Å². The Kier molecular flexibility index (Phi) is 6.48. The zero-order valence-corrected chi connectivity index (χ0v) is 18.0. The zero-order valence-electron chi connectivity index (χ0n) is 13.3. The number of anilines is 2. The molecule has 0 aliphatic heterocycles. The minimum atomic E-state index is -5.14. The second-order valence-electron chi connectivity index (χ2n) is 5.28. The van der Waals surface area contributed by atoms with Crippen LogP contribution in [0.3, 0.4) is 0 Å². The summed E-state index contributed by atoms with van der Waals surface area (Å²) in [6.07, 6.45) is -5.14. The van der Waals surface area contributed by atoms with E-state index < -0.39 is 38.6 Å². The topological polar surface area (TPSA) is 98.3 Å². The molecular formula is C14H6Br2Cl2F3N3O4. The van der Waals surface area contributed by atoms with Crippen LogP contribution >= 0.6 is 55.1 Å². The highest BCUT2D eigenvalue weighted by Gasteiger charge is 2.40. The summed E-state index contributed by atoms with van der Waals surface area (Å²) in [5.74, 6) is 0. The van der Waals surface area contributed by atoms with E-state index in [2.05, 4.69) is 37.2 Å². The van der Waals surface area contributed by atoms with Gasteiger partial charge in [-0.25, -0.2) is 0 Å². The Balaban J connectivity index is 2.87. The number of hydrogen-bond acceptors (Lipinski definition) is 5. The van der Waals surface area contributed by atoms with E-state index in [4.69, 9.17) is 23.2 Å². The third-order valence-electron chi connectivity index (χ3n) is 3.55. The molecule has 0 spiro atoms. The van der Waals surface area contributed by atoms with E-state index in [0.29, 0.717) is 16.1 Å². The number of halogens is 7. The van der Waals surface area contributed by atoms with Gasteiger partial charge < -0.3 is 5.32 Å². The van der Waals surface area contributed by atoms with E-state index in [1.54, 1.807) is 0 Å². The molecule has 0 saturated heterocycles. The average Bonchev–Trinajstić information content (AvgIpc) is 2.60. The predicted molar refractivity (Wildman–Crippen MR) is 105 cm³/mol. The quantitative estimate of drug-likeness (QED) is 0.180. The maximum Gasteiger partial charge on any atom is 0.418 e. The Bertz CT molecular complexity index is 990. The molecule has 0 aliphatic rings. The first-order valence-corrected chi connectivity index (χ1v) is 9.25. The van der Waals surface area contributed by atoms with Crippen LogP contribution in [0.15, 0.2) is 21.1 Å². The van der Waals surface area contributed by atoms with Gasteiger partial charge >= 0.3 is 6.18 Å². The minimum absolute atomic E-state index is 0.0964. The summed E-state index contributed by atoms with van der Waals surface area (Å²) in [6, 6.07) is 0.609. The SMILES string of the molecule is Cc1c(Cl)c(Nc2c([N+](=O)[O-])cc([N+](=O)[O-])cc2C(F)(F)F)c(Cl)c(Br)c1Br. The Morgan fingerprint density at radius 1 is 1.00 bits per heavy atom. The van der Waals surface area contributed by atoms with Crippen LogP contribution in [0.25, 0.3) is 0 Å². The molecule has 0 amide bonds. The fourth-order valence-electron chi connectivity index (χ4n) is 2.20. The maximum atomic E-state index is 13.5. The Morgan fingerprint density at radius 2 is 1.57 bits per heavy atom. The highest BCUT2D eigenvalue weighted by molar-refractivity contribution is 9.13. The molecule has 0 fully saturated rings. The van der Waals surface area contributed by atoms with Crippen LogP contribution in [0.5, 0.6) is 0 Å². The Labute approximate surface area is 181 Å². The Hall–Kier alpha value is -1.63. The smallest absolute Gasteiger partial charge is 0.347 e. The summed E-state index contributed by atoms with van der Waals surface area (Å²) in [5.41, 5.74) is -4.74. The van der Waals surface area contributed by atoms with Crippen molar-refractivity contribution < 1.29 is 23.0 Å². The summed E-state index contributed by atoms with van der Waals surface area (Å²) < 4.78 is 41.2. The van der Waals surface area contributed by atoms with Crippen LogP contribution < -0.4 is 5.32 Å². The fraction of sp³-hybridized carbons (Fsp3) is 0.143. The average molecular weight is 568 g/mol. The molecule has 0 atom stereocenters. The highest BCUT2D eigenvalue weighted by atomic mass is 79.9. The van der Waals surface area contributed by atoms with Crippen LogP contribution in [0, 0.1) is 27.2 Å². The number of alkyl halides is 3. The maximum absolute atomic E-state index is 13.5. The van der Waals surface area contributed by atoms with Gasteiger partial charge in [-0.2, -0.15) is 13.2 Å². The molecule has 0 heterocycles. The number of rotatable bonds is 4. The largest absolute Gasteiger partial charge is 0.418 e. The van der Waals surface area contributed by atoms with Crippen molar-refractivity contribution in [2.75, 3.05) is 5.32 Å². The van der Waals surface area contributed by atoms with Gasteiger partial charge in [0.1, 0.15) is 5.69 Å². The van der Waals surface area contributed by atoms with Gasteiger partial charge in [-0.3, -0.25) is 20.2 Å². The highest BCUT2D eigenvalue weighted by Crippen LogP contribution is 2.49. The zero-order chi connectivity index (χ0) is 21.5. The van der Waals surface area contributed by atoms with Crippen LogP contribution in [0.1, 0.15) is 11.1 Å². The van der Waals surface area contributed by atoms with Gasteiger partial charge in [0.25, 0.3) is 11.4 Å². The van der Waals surface area contributed by atoms with E-state index in [1.807, 2.05) is 0 Å². The number of benzene rings is 2. The van der Waals surface area contributed by atoms with Crippen LogP contribution in [-0.4, -0.2) is 9.85 Å². The van der Waals surface area contributed by atoms with Crippen molar-refractivity contribution in [3.05, 3.63) is 62.5 Å². The Morgan fingerprint density at radius 3 is 2.04 bits per heavy atom. The lowest BCUT2D eigenvalue weighted by Gasteiger charge is -2.18. The summed E-state index contributed by atoms with van der Waals surface area (Å²) in [4.78, 5) is 19.9. The van der Waals surface area contributed by atoms with Gasteiger partial charge in [0.05, 0.1) is 41.7 Å². The van der Waals surface area contributed by atoms with Gasteiger partial charge in [0.15, 0.2) is 0 Å². The van der Waals surface area contributed by atoms with Gasteiger partial charge in [0, 0.05) is 10.5 Å². The van der Waals surface area contributed by atoms with Crippen molar-refractivity contribution in [2.45, 2.75) is 13.1 Å². The summed E-state index contributed by atoms with van der Waals surface area (Å²) in [5, 5.41) is 24.2. The third-order valence-corrected chi connectivity index (χ3v) is 6.94. The van der Waals surface area contributed by atoms with Gasteiger partial charge in [-0.05, 0) is 44.3 Å². The monoisotopic (exact) mass is 565 g/mol. The molecule has 14 heteroatoms. The number of nitrogens with zero attached hydrogens (tertiary/aromatic N) is 2. The number of nitrogens with one attached hydrogen (secondary N) is 1.